The molecule has 4 aromatic rings. The monoisotopic (exact) mass is 397 g/mol. The Bertz CT molecular complexity index is 1010. The van der Waals surface area contributed by atoms with Crippen LogP contribution >= 0.6 is 22.6 Å². The topological polar surface area (TPSA) is 22.0 Å². The van der Waals surface area contributed by atoms with Crippen molar-refractivity contribution in [3.05, 3.63) is 86.6 Å². The number of halogens is 1. The van der Waals surface area contributed by atoms with E-state index in [1.54, 1.807) is 0 Å². The number of hydrogen-bond acceptors (Lipinski definition) is 1. The average Bonchev–Trinajstić information content (AvgIpc) is 2.57. The predicted molar refractivity (Wildman–Crippen MR) is 99.8 cm³/mol. The summed E-state index contributed by atoms with van der Waals surface area (Å²) in [6.45, 7) is 0. The first-order valence-electron chi connectivity index (χ1n) is 7.05. The second-order valence-corrected chi connectivity index (χ2v) is 6.31. The third kappa shape index (κ3) is 1.96. The minimum Gasteiger partial charge on any atom is -0.308 e. The number of nitrogens with zero attached hydrogens (tertiary/aromatic N) is 1. The van der Waals surface area contributed by atoms with Crippen LogP contribution in [0.4, 0.5) is 0 Å². The van der Waals surface area contributed by atoms with Crippen molar-refractivity contribution in [2.24, 2.45) is 0 Å². The molecule has 4 rings (SSSR count). The Balaban J connectivity index is 2.32. The van der Waals surface area contributed by atoms with Gasteiger partial charge in [0.2, 0.25) is 0 Å². The first-order valence-corrected chi connectivity index (χ1v) is 8.12. The fraction of sp³-hybridized carbons (Fsp3) is 0. The number of benzene rings is 3. The number of hydrogen-bond donors (Lipinski definition) is 0. The molecule has 0 N–H and O–H groups in total. The van der Waals surface area contributed by atoms with Gasteiger partial charge in [-0.3, -0.25) is 4.79 Å². The van der Waals surface area contributed by atoms with Crippen LogP contribution in [0.2, 0.25) is 0 Å². The highest BCUT2D eigenvalue weighted by Gasteiger charge is 2.12. The number of aromatic nitrogens is 1. The van der Waals surface area contributed by atoms with Crippen LogP contribution in [-0.4, -0.2) is 4.57 Å². The molecule has 0 aliphatic carbocycles. The largest absolute Gasteiger partial charge is 0.308 e. The zero-order valence-corrected chi connectivity index (χ0v) is 13.8. The highest BCUT2D eigenvalue weighted by Crippen LogP contribution is 2.26. The molecule has 3 heteroatoms. The summed E-state index contributed by atoms with van der Waals surface area (Å²) < 4.78 is 3.33. The normalized spacial score (nSPS) is 11.1. The highest BCUT2D eigenvalue weighted by molar-refractivity contribution is 14.1. The maximum Gasteiger partial charge on any atom is 0.197 e. The molecule has 3 aromatic carbocycles. The van der Waals surface area contributed by atoms with Crippen LogP contribution in [0.5, 0.6) is 0 Å². The molecule has 0 unspecified atom stereocenters. The van der Waals surface area contributed by atoms with E-state index in [2.05, 4.69) is 39.3 Å². The molecule has 0 radical (unpaired) electrons. The first kappa shape index (κ1) is 13.5. The molecule has 0 aliphatic rings. The third-order valence-corrected chi connectivity index (χ3v) is 4.78. The van der Waals surface area contributed by atoms with Gasteiger partial charge < -0.3 is 4.57 Å². The smallest absolute Gasteiger partial charge is 0.197 e. The van der Waals surface area contributed by atoms with Gasteiger partial charge in [-0.15, -0.1) is 0 Å². The molecule has 22 heavy (non-hydrogen) atoms. The minimum absolute atomic E-state index is 0.0911. The SMILES string of the molecule is O=c1c2ccccc2n(-c2ccccc2I)c2ccccc12. The molecule has 0 aliphatic heterocycles. The molecule has 0 saturated carbocycles. The van der Waals surface area contributed by atoms with E-state index in [-0.39, 0.29) is 5.43 Å². The van der Waals surface area contributed by atoms with Crippen LogP contribution in [0.25, 0.3) is 27.5 Å². The average molecular weight is 397 g/mol. The van der Waals surface area contributed by atoms with Gasteiger partial charge in [0.1, 0.15) is 0 Å². The molecule has 2 nitrogen and oxygen atoms in total. The van der Waals surface area contributed by atoms with Crippen LogP contribution in [-0.2, 0) is 0 Å². The van der Waals surface area contributed by atoms with Crippen molar-refractivity contribution < 1.29 is 0 Å². The Morgan fingerprint density at radius 1 is 0.682 bits per heavy atom. The van der Waals surface area contributed by atoms with E-state index in [0.29, 0.717) is 0 Å². The maximum atomic E-state index is 12.7. The molecule has 1 aromatic heterocycles. The van der Waals surface area contributed by atoms with Gasteiger partial charge in [0.05, 0.1) is 16.7 Å². The van der Waals surface area contributed by atoms with Gasteiger partial charge in [0.25, 0.3) is 0 Å². The van der Waals surface area contributed by atoms with E-state index in [4.69, 9.17) is 0 Å². The van der Waals surface area contributed by atoms with Crippen molar-refractivity contribution in [3.63, 3.8) is 0 Å². The van der Waals surface area contributed by atoms with Gasteiger partial charge in [-0.2, -0.15) is 0 Å². The third-order valence-electron chi connectivity index (χ3n) is 3.87. The maximum absolute atomic E-state index is 12.7. The predicted octanol–water partition coefficient (Wildman–Crippen LogP) is 4.75. The molecular formula is C19H12INO. The second kappa shape index (κ2) is 5.25. The molecule has 0 spiro atoms. The molecule has 106 valence electrons. The van der Waals surface area contributed by atoms with Crippen molar-refractivity contribution in [3.8, 4) is 5.69 Å². The Kier molecular flexibility index (Phi) is 3.22. The van der Waals surface area contributed by atoms with Gasteiger partial charge in [-0.05, 0) is 59.0 Å². The van der Waals surface area contributed by atoms with E-state index in [9.17, 15) is 4.79 Å². The molecular weight excluding hydrogens is 385 g/mol. The van der Waals surface area contributed by atoms with Crippen LogP contribution in [0.15, 0.2) is 77.6 Å². The van der Waals surface area contributed by atoms with Gasteiger partial charge in [-0.25, -0.2) is 0 Å². The summed E-state index contributed by atoms with van der Waals surface area (Å²) in [6.07, 6.45) is 0. The van der Waals surface area contributed by atoms with E-state index in [0.717, 1.165) is 31.1 Å². The lowest BCUT2D eigenvalue weighted by Crippen LogP contribution is -2.10. The molecule has 0 saturated heterocycles. The van der Waals surface area contributed by atoms with E-state index in [1.165, 1.54) is 0 Å². The number of rotatable bonds is 1. The molecule has 0 fully saturated rings. The quantitative estimate of drug-likeness (QED) is 0.336. The van der Waals surface area contributed by atoms with Crippen LogP contribution in [0.1, 0.15) is 0 Å². The van der Waals surface area contributed by atoms with Crippen molar-refractivity contribution in [2.45, 2.75) is 0 Å². The summed E-state index contributed by atoms with van der Waals surface area (Å²) in [7, 11) is 0. The van der Waals surface area contributed by atoms with Crippen LogP contribution < -0.4 is 5.43 Å². The molecule has 1 heterocycles. The Hall–Kier alpha value is -2.14. The zero-order valence-electron chi connectivity index (χ0n) is 11.7. The fourth-order valence-electron chi connectivity index (χ4n) is 2.89. The van der Waals surface area contributed by atoms with Gasteiger partial charge >= 0.3 is 0 Å². The summed E-state index contributed by atoms with van der Waals surface area (Å²) in [6, 6.07) is 23.8. The lowest BCUT2D eigenvalue weighted by atomic mass is 10.1. The number of fused-ring (bicyclic) bond motifs is 2. The summed E-state index contributed by atoms with van der Waals surface area (Å²) >= 11 is 2.34. The Morgan fingerprint density at radius 3 is 1.77 bits per heavy atom. The van der Waals surface area contributed by atoms with E-state index < -0.39 is 0 Å². The van der Waals surface area contributed by atoms with Crippen molar-refractivity contribution in [1.29, 1.82) is 0 Å². The van der Waals surface area contributed by atoms with Crippen LogP contribution in [0, 0.1) is 3.57 Å². The molecule has 0 bridgehead atoms. The van der Waals surface area contributed by atoms with Gasteiger partial charge in [0, 0.05) is 14.3 Å². The summed E-state index contributed by atoms with van der Waals surface area (Å²) in [5, 5.41) is 1.50. The standard InChI is InChI=1S/C19H12INO/c20-15-9-3-6-12-18(15)21-16-10-4-1-7-13(16)19(22)14-8-2-5-11-17(14)21/h1-12H. The molecule has 0 amide bonds. The fourth-order valence-corrected chi connectivity index (χ4v) is 3.52. The van der Waals surface area contributed by atoms with Crippen molar-refractivity contribution in [1.82, 2.24) is 4.57 Å². The van der Waals surface area contributed by atoms with E-state index >= 15 is 0 Å². The lowest BCUT2D eigenvalue weighted by Gasteiger charge is -2.16. The van der Waals surface area contributed by atoms with E-state index in [1.807, 2.05) is 60.7 Å². The first-order chi connectivity index (χ1) is 10.8. The molecule has 0 atom stereocenters. The lowest BCUT2D eigenvalue weighted by molar-refractivity contribution is 1.15. The zero-order chi connectivity index (χ0) is 15.1. The van der Waals surface area contributed by atoms with Crippen molar-refractivity contribution >= 4 is 44.4 Å². The van der Waals surface area contributed by atoms with Crippen LogP contribution in [0.3, 0.4) is 0 Å². The summed E-state index contributed by atoms with van der Waals surface area (Å²) in [5.74, 6) is 0. The number of pyridine rings is 1. The summed E-state index contributed by atoms with van der Waals surface area (Å²) in [5.41, 5.74) is 3.06. The van der Waals surface area contributed by atoms with Gasteiger partial charge in [0.15, 0.2) is 5.43 Å². The highest BCUT2D eigenvalue weighted by atomic mass is 127. The minimum atomic E-state index is 0.0911. The van der Waals surface area contributed by atoms with Gasteiger partial charge in [-0.1, -0.05) is 36.4 Å². The summed E-state index contributed by atoms with van der Waals surface area (Å²) in [4.78, 5) is 12.7. The van der Waals surface area contributed by atoms with Crippen molar-refractivity contribution in [2.75, 3.05) is 0 Å². The number of para-hydroxylation sites is 3. The Labute approximate surface area is 141 Å². The Morgan fingerprint density at radius 2 is 1.18 bits per heavy atom. The second-order valence-electron chi connectivity index (χ2n) is 5.15.